The van der Waals surface area contributed by atoms with E-state index < -0.39 is 21.8 Å². The molecule has 0 amide bonds. The van der Waals surface area contributed by atoms with Crippen LogP contribution in [0.2, 0.25) is 0 Å². The van der Waals surface area contributed by atoms with Gasteiger partial charge in [-0.3, -0.25) is 9.78 Å². The lowest BCUT2D eigenvalue weighted by molar-refractivity contribution is -0.118. The predicted molar refractivity (Wildman–Crippen MR) is 116 cm³/mol. The van der Waals surface area contributed by atoms with Crippen molar-refractivity contribution in [1.29, 1.82) is 0 Å². The van der Waals surface area contributed by atoms with Gasteiger partial charge in [-0.05, 0) is 42.8 Å². The average Bonchev–Trinajstić information content (AvgIpc) is 2.77. The second kappa shape index (κ2) is 8.53. The van der Waals surface area contributed by atoms with E-state index in [4.69, 9.17) is 0 Å². The SMILES string of the molecule is Cc1ccc(S(=O)(=O)N2CC(=Cc3ccccc3F)C(=O)C(c3cccnc3)C2)cc1. The summed E-state index contributed by atoms with van der Waals surface area (Å²) in [6.07, 6.45) is 4.59. The van der Waals surface area contributed by atoms with Crippen LogP contribution in [0.1, 0.15) is 22.6 Å². The Kier molecular flexibility index (Phi) is 5.80. The van der Waals surface area contributed by atoms with Gasteiger partial charge in [0.2, 0.25) is 10.0 Å². The van der Waals surface area contributed by atoms with Gasteiger partial charge in [0.1, 0.15) is 5.82 Å². The first-order valence-corrected chi connectivity index (χ1v) is 11.3. The van der Waals surface area contributed by atoms with Crippen molar-refractivity contribution < 1.29 is 17.6 Å². The monoisotopic (exact) mass is 436 g/mol. The lowest BCUT2D eigenvalue weighted by Gasteiger charge is -2.33. The number of ketones is 1. The number of nitrogens with zero attached hydrogens (tertiary/aromatic N) is 2. The number of pyridine rings is 1. The molecule has 0 spiro atoms. The van der Waals surface area contributed by atoms with Crippen LogP contribution in [0.25, 0.3) is 6.08 Å². The molecule has 1 aliphatic rings. The molecule has 1 aromatic heterocycles. The third-order valence-corrected chi connectivity index (χ3v) is 7.17. The summed E-state index contributed by atoms with van der Waals surface area (Å²) in [5.74, 6) is -1.42. The van der Waals surface area contributed by atoms with Crippen molar-refractivity contribution >= 4 is 21.9 Å². The summed E-state index contributed by atoms with van der Waals surface area (Å²) in [6, 6.07) is 16.1. The normalized spacial score (nSPS) is 19.0. The van der Waals surface area contributed by atoms with Gasteiger partial charge in [0.15, 0.2) is 5.78 Å². The van der Waals surface area contributed by atoms with Gasteiger partial charge in [0.25, 0.3) is 0 Å². The third kappa shape index (κ3) is 4.33. The fraction of sp³-hybridized carbons (Fsp3) is 0.167. The van der Waals surface area contributed by atoms with Gasteiger partial charge >= 0.3 is 0 Å². The first-order chi connectivity index (χ1) is 14.9. The second-order valence-corrected chi connectivity index (χ2v) is 9.44. The molecule has 4 rings (SSSR count). The maximum absolute atomic E-state index is 14.2. The van der Waals surface area contributed by atoms with Gasteiger partial charge in [0, 0.05) is 36.6 Å². The number of halogens is 1. The minimum atomic E-state index is -3.85. The molecular weight excluding hydrogens is 415 g/mol. The van der Waals surface area contributed by atoms with Crippen molar-refractivity contribution in [2.24, 2.45) is 0 Å². The number of sulfonamides is 1. The Morgan fingerprint density at radius 1 is 1.06 bits per heavy atom. The average molecular weight is 437 g/mol. The quantitative estimate of drug-likeness (QED) is 0.581. The lowest BCUT2D eigenvalue weighted by atomic mass is 9.87. The van der Waals surface area contributed by atoms with E-state index in [1.807, 2.05) is 6.92 Å². The number of rotatable bonds is 4. The van der Waals surface area contributed by atoms with Crippen LogP contribution in [0.3, 0.4) is 0 Å². The largest absolute Gasteiger partial charge is 0.294 e. The molecule has 0 bridgehead atoms. The van der Waals surface area contributed by atoms with Crippen molar-refractivity contribution in [3.8, 4) is 0 Å². The Labute approximate surface area is 180 Å². The molecule has 2 aromatic carbocycles. The number of piperidine rings is 1. The molecule has 3 aromatic rings. The van der Waals surface area contributed by atoms with E-state index >= 15 is 0 Å². The van der Waals surface area contributed by atoms with Crippen molar-refractivity contribution in [3.05, 3.63) is 101 Å². The van der Waals surface area contributed by atoms with Gasteiger partial charge in [-0.1, -0.05) is 42.0 Å². The summed E-state index contributed by atoms with van der Waals surface area (Å²) in [6.45, 7) is 1.75. The van der Waals surface area contributed by atoms with Crippen LogP contribution in [0, 0.1) is 12.7 Å². The Morgan fingerprint density at radius 3 is 2.48 bits per heavy atom. The van der Waals surface area contributed by atoms with E-state index in [-0.39, 0.29) is 34.9 Å². The number of carbonyl (C=O) groups excluding carboxylic acids is 1. The van der Waals surface area contributed by atoms with Crippen LogP contribution in [-0.2, 0) is 14.8 Å². The molecule has 0 N–H and O–H groups in total. The topological polar surface area (TPSA) is 67.3 Å². The Balaban J connectivity index is 1.78. The highest BCUT2D eigenvalue weighted by atomic mass is 32.2. The zero-order valence-electron chi connectivity index (χ0n) is 16.9. The van der Waals surface area contributed by atoms with Crippen LogP contribution in [0.5, 0.6) is 0 Å². The van der Waals surface area contributed by atoms with Gasteiger partial charge in [0.05, 0.1) is 10.8 Å². The molecule has 1 aliphatic heterocycles. The lowest BCUT2D eigenvalue weighted by Crippen LogP contribution is -2.44. The summed E-state index contributed by atoms with van der Waals surface area (Å²) in [4.78, 5) is 17.5. The van der Waals surface area contributed by atoms with Crippen molar-refractivity contribution in [2.75, 3.05) is 13.1 Å². The maximum atomic E-state index is 14.2. The number of Topliss-reactive ketones (excluding diaryl/α,β-unsaturated/α-hetero) is 1. The van der Waals surface area contributed by atoms with Crippen LogP contribution in [0.15, 0.2) is 83.5 Å². The van der Waals surface area contributed by atoms with Crippen molar-refractivity contribution in [3.63, 3.8) is 0 Å². The standard InChI is InChI=1S/C24H21FN2O3S/c1-17-8-10-21(11-9-17)31(29,30)27-15-20(13-18-5-2-3-7-23(18)25)24(28)22(16-27)19-6-4-12-26-14-19/h2-14,22H,15-16H2,1H3. The summed E-state index contributed by atoms with van der Waals surface area (Å²) in [5.41, 5.74) is 2.04. The zero-order chi connectivity index (χ0) is 22.0. The highest BCUT2D eigenvalue weighted by molar-refractivity contribution is 7.89. The molecule has 1 saturated heterocycles. The third-order valence-electron chi connectivity index (χ3n) is 5.35. The minimum absolute atomic E-state index is 0.00461. The molecule has 2 heterocycles. The van der Waals surface area contributed by atoms with Crippen molar-refractivity contribution in [2.45, 2.75) is 17.7 Å². The molecule has 158 valence electrons. The molecule has 0 radical (unpaired) electrons. The predicted octanol–water partition coefficient (Wildman–Crippen LogP) is 3.97. The summed E-state index contributed by atoms with van der Waals surface area (Å²) < 4.78 is 42.2. The van der Waals surface area contributed by atoms with E-state index in [2.05, 4.69) is 4.98 Å². The second-order valence-electron chi connectivity index (χ2n) is 7.50. The minimum Gasteiger partial charge on any atom is -0.294 e. The summed E-state index contributed by atoms with van der Waals surface area (Å²) in [7, 11) is -3.85. The van der Waals surface area contributed by atoms with Gasteiger partial charge in [-0.15, -0.1) is 0 Å². The molecule has 1 atom stereocenters. The molecule has 31 heavy (non-hydrogen) atoms. The number of benzene rings is 2. The van der Waals surface area contributed by atoms with Crippen LogP contribution < -0.4 is 0 Å². The molecule has 1 fully saturated rings. The maximum Gasteiger partial charge on any atom is 0.243 e. The molecule has 5 nitrogen and oxygen atoms in total. The molecule has 1 unspecified atom stereocenters. The van der Waals surface area contributed by atoms with Crippen molar-refractivity contribution in [1.82, 2.24) is 9.29 Å². The van der Waals surface area contributed by atoms with Gasteiger partial charge in [-0.2, -0.15) is 4.31 Å². The molecule has 0 saturated carbocycles. The van der Waals surface area contributed by atoms with E-state index in [1.165, 1.54) is 16.4 Å². The Morgan fingerprint density at radius 2 is 1.81 bits per heavy atom. The smallest absolute Gasteiger partial charge is 0.243 e. The first kappa shape index (κ1) is 21.1. The first-order valence-electron chi connectivity index (χ1n) is 9.82. The van der Waals surface area contributed by atoms with Crippen LogP contribution in [0.4, 0.5) is 4.39 Å². The Bertz CT molecular complexity index is 1240. The molecule has 0 aliphatic carbocycles. The fourth-order valence-corrected chi connectivity index (χ4v) is 5.05. The van der Waals surface area contributed by atoms with Crippen LogP contribution >= 0.6 is 0 Å². The van der Waals surface area contributed by atoms with E-state index in [1.54, 1.807) is 67.0 Å². The van der Waals surface area contributed by atoms with Gasteiger partial charge < -0.3 is 0 Å². The highest BCUT2D eigenvalue weighted by Crippen LogP contribution is 2.31. The van der Waals surface area contributed by atoms with Crippen LogP contribution in [-0.4, -0.2) is 36.6 Å². The number of aromatic nitrogens is 1. The Hall–Kier alpha value is -3.16. The number of aryl methyl sites for hydroxylation is 1. The zero-order valence-corrected chi connectivity index (χ0v) is 17.7. The van der Waals surface area contributed by atoms with Gasteiger partial charge in [-0.25, -0.2) is 12.8 Å². The molecular formula is C24H21FN2O3S. The fourth-order valence-electron chi connectivity index (χ4n) is 3.62. The van der Waals surface area contributed by atoms with E-state index in [9.17, 15) is 17.6 Å². The molecule has 7 heteroatoms. The number of hydrogen-bond donors (Lipinski definition) is 0. The van der Waals surface area contributed by atoms with E-state index in [0.717, 1.165) is 5.56 Å². The van der Waals surface area contributed by atoms with E-state index in [0.29, 0.717) is 5.56 Å². The number of hydrogen-bond acceptors (Lipinski definition) is 4. The summed E-state index contributed by atoms with van der Waals surface area (Å²) >= 11 is 0. The highest BCUT2D eigenvalue weighted by Gasteiger charge is 2.38. The number of carbonyl (C=O) groups is 1. The summed E-state index contributed by atoms with van der Waals surface area (Å²) in [5, 5.41) is 0.